The van der Waals surface area contributed by atoms with Crippen LogP contribution < -0.4 is 5.32 Å². The van der Waals surface area contributed by atoms with E-state index in [0.29, 0.717) is 19.6 Å². The van der Waals surface area contributed by atoms with Gasteiger partial charge >= 0.3 is 0 Å². The van der Waals surface area contributed by atoms with Crippen LogP contribution in [0.15, 0.2) is 60.7 Å². The number of nitriles is 1. The molecular formula is C22H28N2O2. The van der Waals surface area contributed by atoms with Gasteiger partial charge in [-0.05, 0) is 17.5 Å². The third kappa shape index (κ3) is 5.96. The zero-order valence-electron chi connectivity index (χ0n) is 15.5. The molecule has 4 atom stereocenters. The van der Waals surface area contributed by atoms with Crippen LogP contribution in [0.1, 0.15) is 31.4 Å². The molecule has 0 spiro atoms. The van der Waals surface area contributed by atoms with Crippen molar-refractivity contribution in [3.8, 4) is 6.07 Å². The lowest BCUT2D eigenvalue weighted by molar-refractivity contribution is -0.0489. The van der Waals surface area contributed by atoms with E-state index in [-0.39, 0.29) is 5.92 Å². The van der Waals surface area contributed by atoms with Gasteiger partial charge < -0.3 is 9.84 Å². The van der Waals surface area contributed by atoms with Gasteiger partial charge in [-0.1, -0.05) is 74.5 Å². The SMILES string of the molecule is CC[C@H](O)[C@@H](C)[C@@H](OCc1ccccc1)C(C#N)NCc1ccccc1. The van der Waals surface area contributed by atoms with Crippen LogP contribution in [0, 0.1) is 17.2 Å². The van der Waals surface area contributed by atoms with Crippen LogP contribution in [0.25, 0.3) is 0 Å². The second-order valence-corrected chi connectivity index (χ2v) is 6.57. The van der Waals surface area contributed by atoms with Crippen molar-refractivity contribution < 1.29 is 9.84 Å². The number of nitrogens with one attached hydrogen (secondary N) is 1. The van der Waals surface area contributed by atoms with E-state index in [4.69, 9.17) is 4.74 Å². The summed E-state index contributed by atoms with van der Waals surface area (Å²) < 4.78 is 6.11. The van der Waals surface area contributed by atoms with Crippen molar-refractivity contribution in [2.75, 3.05) is 0 Å². The van der Waals surface area contributed by atoms with Crippen molar-refractivity contribution in [1.29, 1.82) is 5.26 Å². The van der Waals surface area contributed by atoms with Crippen LogP contribution in [0.5, 0.6) is 0 Å². The van der Waals surface area contributed by atoms with Crippen molar-refractivity contribution >= 4 is 0 Å². The summed E-state index contributed by atoms with van der Waals surface area (Å²) in [5, 5.41) is 23.3. The lowest BCUT2D eigenvalue weighted by atomic mass is 9.91. The minimum absolute atomic E-state index is 0.156. The van der Waals surface area contributed by atoms with Crippen molar-refractivity contribution in [2.45, 2.75) is 51.7 Å². The van der Waals surface area contributed by atoms with Crippen LogP contribution in [-0.4, -0.2) is 23.4 Å². The lowest BCUT2D eigenvalue weighted by Crippen LogP contribution is -2.46. The molecule has 1 unspecified atom stereocenters. The zero-order chi connectivity index (χ0) is 18.8. The summed E-state index contributed by atoms with van der Waals surface area (Å²) in [6.07, 6.45) is -0.285. The number of aliphatic hydroxyl groups is 1. The van der Waals surface area contributed by atoms with Gasteiger partial charge in [0.1, 0.15) is 6.04 Å². The molecule has 0 saturated heterocycles. The second kappa shape index (κ2) is 10.7. The van der Waals surface area contributed by atoms with Crippen LogP contribution in [0.3, 0.4) is 0 Å². The van der Waals surface area contributed by atoms with E-state index in [1.54, 1.807) is 0 Å². The Labute approximate surface area is 156 Å². The monoisotopic (exact) mass is 352 g/mol. The number of hydrogen-bond acceptors (Lipinski definition) is 4. The van der Waals surface area contributed by atoms with E-state index < -0.39 is 18.2 Å². The summed E-state index contributed by atoms with van der Waals surface area (Å²) in [5.74, 6) is -0.156. The maximum atomic E-state index is 10.3. The van der Waals surface area contributed by atoms with Gasteiger partial charge in [0.25, 0.3) is 0 Å². The average Bonchev–Trinajstić information content (AvgIpc) is 2.70. The van der Waals surface area contributed by atoms with Crippen LogP contribution >= 0.6 is 0 Å². The molecule has 138 valence electrons. The molecule has 4 heteroatoms. The molecule has 2 N–H and O–H groups in total. The third-order valence-electron chi connectivity index (χ3n) is 4.67. The molecular weight excluding hydrogens is 324 g/mol. The Morgan fingerprint density at radius 2 is 1.62 bits per heavy atom. The highest BCUT2D eigenvalue weighted by atomic mass is 16.5. The van der Waals surface area contributed by atoms with Gasteiger partial charge in [-0.2, -0.15) is 5.26 Å². The summed E-state index contributed by atoms with van der Waals surface area (Å²) in [4.78, 5) is 0. The van der Waals surface area contributed by atoms with Crippen molar-refractivity contribution in [3.63, 3.8) is 0 Å². The first-order valence-corrected chi connectivity index (χ1v) is 9.16. The Balaban J connectivity index is 2.07. The van der Waals surface area contributed by atoms with E-state index in [0.717, 1.165) is 11.1 Å². The molecule has 0 aliphatic carbocycles. The first-order chi connectivity index (χ1) is 12.7. The summed E-state index contributed by atoms with van der Waals surface area (Å²) >= 11 is 0. The Hall–Kier alpha value is -2.19. The first kappa shape index (κ1) is 20.1. The molecule has 0 saturated carbocycles. The largest absolute Gasteiger partial charge is 0.393 e. The first-order valence-electron chi connectivity index (χ1n) is 9.16. The fraction of sp³-hybridized carbons (Fsp3) is 0.409. The molecule has 2 aromatic rings. The molecule has 2 aromatic carbocycles. The normalized spacial score (nSPS) is 15.6. The minimum atomic E-state index is -0.509. The molecule has 0 aliphatic rings. The Morgan fingerprint density at radius 3 is 2.15 bits per heavy atom. The van der Waals surface area contributed by atoms with E-state index in [1.807, 2.05) is 74.5 Å². The third-order valence-corrected chi connectivity index (χ3v) is 4.67. The van der Waals surface area contributed by atoms with Crippen molar-refractivity contribution in [3.05, 3.63) is 71.8 Å². The van der Waals surface area contributed by atoms with Gasteiger partial charge in [-0.3, -0.25) is 5.32 Å². The Kier molecular flexibility index (Phi) is 8.30. The van der Waals surface area contributed by atoms with Crippen molar-refractivity contribution in [2.24, 2.45) is 5.92 Å². The van der Waals surface area contributed by atoms with Gasteiger partial charge in [0.2, 0.25) is 0 Å². The smallest absolute Gasteiger partial charge is 0.122 e. The summed E-state index contributed by atoms with van der Waals surface area (Å²) in [7, 11) is 0. The number of hydrogen-bond donors (Lipinski definition) is 2. The summed E-state index contributed by atoms with van der Waals surface area (Å²) in [6, 6.07) is 21.7. The maximum Gasteiger partial charge on any atom is 0.122 e. The topological polar surface area (TPSA) is 65.3 Å². The van der Waals surface area contributed by atoms with Gasteiger partial charge in [0, 0.05) is 12.5 Å². The molecule has 0 amide bonds. The number of ether oxygens (including phenoxy) is 1. The number of aliphatic hydroxyl groups excluding tert-OH is 1. The summed E-state index contributed by atoms with van der Waals surface area (Å²) in [6.45, 7) is 4.88. The molecule has 0 bridgehead atoms. The molecule has 0 radical (unpaired) electrons. The van der Waals surface area contributed by atoms with E-state index in [9.17, 15) is 10.4 Å². The zero-order valence-corrected chi connectivity index (χ0v) is 15.5. The Morgan fingerprint density at radius 1 is 1.04 bits per heavy atom. The number of benzene rings is 2. The highest BCUT2D eigenvalue weighted by Crippen LogP contribution is 2.20. The Bertz CT molecular complexity index is 670. The fourth-order valence-electron chi connectivity index (χ4n) is 2.97. The van der Waals surface area contributed by atoms with Crippen LogP contribution in [0.2, 0.25) is 0 Å². The van der Waals surface area contributed by atoms with Crippen LogP contribution in [0.4, 0.5) is 0 Å². The highest BCUT2D eigenvalue weighted by molar-refractivity contribution is 5.16. The second-order valence-electron chi connectivity index (χ2n) is 6.57. The van der Waals surface area contributed by atoms with E-state index >= 15 is 0 Å². The fourth-order valence-corrected chi connectivity index (χ4v) is 2.97. The number of rotatable bonds is 10. The predicted octanol–water partition coefficient (Wildman–Crippen LogP) is 3.66. The van der Waals surface area contributed by atoms with E-state index in [2.05, 4.69) is 11.4 Å². The summed E-state index contributed by atoms with van der Waals surface area (Å²) in [5.41, 5.74) is 2.16. The quantitative estimate of drug-likeness (QED) is 0.685. The van der Waals surface area contributed by atoms with Gasteiger partial charge in [-0.25, -0.2) is 0 Å². The van der Waals surface area contributed by atoms with E-state index in [1.165, 1.54) is 0 Å². The molecule has 26 heavy (non-hydrogen) atoms. The highest BCUT2D eigenvalue weighted by Gasteiger charge is 2.31. The predicted molar refractivity (Wildman–Crippen MR) is 103 cm³/mol. The van der Waals surface area contributed by atoms with Gasteiger partial charge in [-0.15, -0.1) is 0 Å². The molecule has 2 rings (SSSR count). The maximum absolute atomic E-state index is 10.3. The molecule has 0 heterocycles. The van der Waals surface area contributed by atoms with Crippen molar-refractivity contribution in [1.82, 2.24) is 5.32 Å². The average molecular weight is 352 g/mol. The number of nitrogens with zero attached hydrogens (tertiary/aromatic N) is 1. The molecule has 0 fully saturated rings. The van der Waals surface area contributed by atoms with Crippen LogP contribution in [-0.2, 0) is 17.9 Å². The van der Waals surface area contributed by atoms with Gasteiger partial charge in [0.15, 0.2) is 0 Å². The lowest BCUT2D eigenvalue weighted by Gasteiger charge is -2.31. The molecule has 0 aromatic heterocycles. The standard InChI is InChI=1S/C22H28N2O2/c1-3-21(25)17(2)22(26-16-19-12-8-5-9-13-19)20(14-23)24-15-18-10-6-4-7-11-18/h4-13,17,20-22,24-25H,3,15-16H2,1-2H3/t17-,20?,21+,22-/m1/s1. The minimum Gasteiger partial charge on any atom is -0.393 e. The molecule has 4 nitrogen and oxygen atoms in total. The molecule has 0 aliphatic heterocycles. The van der Waals surface area contributed by atoms with Gasteiger partial charge in [0.05, 0.1) is 24.9 Å².